The Morgan fingerprint density at radius 3 is 3.11 bits per heavy atom. The fraction of sp³-hybridized carbons (Fsp3) is 0.357. The number of nitrogens with one attached hydrogen (secondary N) is 1. The van der Waals surface area contributed by atoms with Gasteiger partial charge in [-0.1, -0.05) is 6.07 Å². The van der Waals surface area contributed by atoms with Crippen LogP contribution in [-0.2, 0) is 6.42 Å². The summed E-state index contributed by atoms with van der Waals surface area (Å²) in [4.78, 5) is 4.23. The molecule has 0 radical (unpaired) electrons. The predicted octanol–water partition coefficient (Wildman–Crippen LogP) is 3.31. The number of hydrogen-bond acceptors (Lipinski definition) is 5. The van der Waals surface area contributed by atoms with E-state index in [2.05, 4.69) is 29.4 Å². The minimum Gasteiger partial charge on any atom is -0.454 e. The first-order valence-electron chi connectivity index (χ1n) is 6.36. The van der Waals surface area contributed by atoms with Crippen molar-refractivity contribution in [3.05, 3.63) is 35.3 Å². The van der Waals surface area contributed by atoms with Crippen LogP contribution in [0.2, 0.25) is 0 Å². The van der Waals surface area contributed by atoms with Crippen molar-refractivity contribution in [2.24, 2.45) is 0 Å². The number of anilines is 1. The van der Waals surface area contributed by atoms with Crippen LogP contribution in [0.3, 0.4) is 0 Å². The zero-order valence-electron chi connectivity index (χ0n) is 10.8. The molecule has 100 valence electrons. The molecule has 1 N–H and O–H groups in total. The standard InChI is InChI=1S/C14H16N2O2S/c1-10(16-14-15-6-7-19-14)2-3-11-4-5-12-13(8-11)18-9-17-12/h4-8,10H,2-3,9H2,1H3,(H,15,16). The van der Waals surface area contributed by atoms with Crippen LogP contribution in [0.5, 0.6) is 11.5 Å². The molecule has 0 spiro atoms. The van der Waals surface area contributed by atoms with Gasteiger partial charge in [-0.2, -0.15) is 0 Å². The lowest BCUT2D eigenvalue weighted by atomic mass is 10.1. The Kier molecular flexibility index (Phi) is 3.55. The number of ether oxygens (including phenoxy) is 2. The number of benzene rings is 1. The van der Waals surface area contributed by atoms with Crippen LogP contribution < -0.4 is 14.8 Å². The van der Waals surface area contributed by atoms with Gasteiger partial charge in [0.2, 0.25) is 6.79 Å². The fourth-order valence-corrected chi connectivity index (χ4v) is 2.70. The Morgan fingerprint density at radius 2 is 2.26 bits per heavy atom. The molecule has 2 aromatic rings. The van der Waals surface area contributed by atoms with Gasteiger partial charge in [-0.25, -0.2) is 4.98 Å². The van der Waals surface area contributed by atoms with Gasteiger partial charge in [0.25, 0.3) is 0 Å². The Morgan fingerprint density at radius 1 is 1.37 bits per heavy atom. The van der Waals surface area contributed by atoms with Gasteiger partial charge in [-0.05, 0) is 37.5 Å². The summed E-state index contributed by atoms with van der Waals surface area (Å²) < 4.78 is 10.7. The molecule has 1 unspecified atom stereocenters. The first-order chi connectivity index (χ1) is 9.31. The van der Waals surface area contributed by atoms with Crippen LogP contribution in [0.25, 0.3) is 0 Å². The average Bonchev–Trinajstić information content (AvgIpc) is 3.06. The molecule has 1 aromatic heterocycles. The smallest absolute Gasteiger partial charge is 0.231 e. The molecule has 1 aliphatic rings. The molecule has 19 heavy (non-hydrogen) atoms. The highest BCUT2D eigenvalue weighted by molar-refractivity contribution is 7.13. The van der Waals surface area contributed by atoms with E-state index in [-0.39, 0.29) is 0 Å². The molecule has 3 rings (SSSR count). The van der Waals surface area contributed by atoms with Gasteiger partial charge in [0.05, 0.1) is 0 Å². The minimum atomic E-state index is 0.334. The number of aryl methyl sites for hydroxylation is 1. The number of aromatic nitrogens is 1. The van der Waals surface area contributed by atoms with E-state index >= 15 is 0 Å². The third-order valence-electron chi connectivity index (χ3n) is 3.11. The molecular weight excluding hydrogens is 260 g/mol. The highest BCUT2D eigenvalue weighted by atomic mass is 32.1. The topological polar surface area (TPSA) is 43.4 Å². The van der Waals surface area contributed by atoms with Crippen LogP contribution >= 0.6 is 11.3 Å². The Labute approximate surface area is 116 Å². The van der Waals surface area contributed by atoms with Crippen LogP contribution in [0.4, 0.5) is 5.13 Å². The quantitative estimate of drug-likeness (QED) is 0.910. The van der Waals surface area contributed by atoms with Gasteiger partial charge in [0, 0.05) is 17.6 Å². The van der Waals surface area contributed by atoms with Crippen LogP contribution in [0.1, 0.15) is 18.9 Å². The summed E-state index contributed by atoms with van der Waals surface area (Å²) in [6.07, 6.45) is 3.88. The highest BCUT2D eigenvalue weighted by Crippen LogP contribution is 2.32. The fourth-order valence-electron chi connectivity index (χ4n) is 2.06. The van der Waals surface area contributed by atoms with E-state index in [1.807, 2.05) is 17.6 Å². The van der Waals surface area contributed by atoms with Gasteiger partial charge in [-0.15, -0.1) is 11.3 Å². The van der Waals surface area contributed by atoms with Crippen molar-refractivity contribution in [1.82, 2.24) is 4.98 Å². The largest absolute Gasteiger partial charge is 0.454 e. The predicted molar refractivity (Wildman–Crippen MR) is 76.1 cm³/mol. The van der Waals surface area contributed by atoms with Crippen LogP contribution in [0, 0.1) is 0 Å². The Balaban J connectivity index is 1.54. The van der Waals surface area contributed by atoms with E-state index in [0.717, 1.165) is 29.5 Å². The van der Waals surface area contributed by atoms with Gasteiger partial charge < -0.3 is 14.8 Å². The SMILES string of the molecule is CC(CCc1ccc2c(c1)OCO2)Nc1nccs1. The van der Waals surface area contributed by atoms with E-state index in [9.17, 15) is 0 Å². The van der Waals surface area contributed by atoms with Crippen molar-refractivity contribution < 1.29 is 9.47 Å². The monoisotopic (exact) mass is 276 g/mol. The zero-order chi connectivity index (χ0) is 13.1. The van der Waals surface area contributed by atoms with Gasteiger partial charge in [0.1, 0.15) is 0 Å². The van der Waals surface area contributed by atoms with Crippen molar-refractivity contribution in [2.45, 2.75) is 25.8 Å². The number of thiazole rings is 1. The summed E-state index contributed by atoms with van der Waals surface area (Å²) in [6, 6.07) is 6.55. The maximum absolute atomic E-state index is 5.38. The summed E-state index contributed by atoms with van der Waals surface area (Å²) in [6.45, 7) is 2.51. The van der Waals surface area contributed by atoms with Gasteiger partial charge in [0.15, 0.2) is 16.6 Å². The second kappa shape index (κ2) is 5.48. The molecule has 1 aromatic carbocycles. The summed E-state index contributed by atoms with van der Waals surface area (Å²) >= 11 is 1.63. The molecule has 0 saturated carbocycles. The molecule has 5 heteroatoms. The summed E-state index contributed by atoms with van der Waals surface area (Å²) in [5.74, 6) is 1.70. The van der Waals surface area contributed by atoms with Crippen molar-refractivity contribution in [2.75, 3.05) is 12.1 Å². The normalized spacial score (nSPS) is 14.4. The number of fused-ring (bicyclic) bond motifs is 1. The average molecular weight is 276 g/mol. The van der Waals surface area contributed by atoms with Crippen molar-refractivity contribution in [1.29, 1.82) is 0 Å². The zero-order valence-corrected chi connectivity index (χ0v) is 11.6. The second-order valence-electron chi connectivity index (χ2n) is 4.61. The maximum Gasteiger partial charge on any atom is 0.231 e. The Hall–Kier alpha value is -1.75. The number of hydrogen-bond donors (Lipinski definition) is 1. The maximum atomic E-state index is 5.38. The van der Waals surface area contributed by atoms with Crippen molar-refractivity contribution in [3.63, 3.8) is 0 Å². The number of nitrogens with zero attached hydrogens (tertiary/aromatic N) is 1. The lowest BCUT2D eigenvalue weighted by Gasteiger charge is -2.12. The molecule has 0 bridgehead atoms. The van der Waals surface area contributed by atoms with Crippen molar-refractivity contribution in [3.8, 4) is 11.5 Å². The Bertz CT molecular complexity index is 542. The molecule has 2 heterocycles. The molecule has 4 nitrogen and oxygen atoms in total. The molecule has 0 aliphatic carbocycles. The molecule has 0 saturated heterocycles. The van der Waals surface area contributed by atoms with E-state index in [0.29, 0.717) is 12.8 Å². The van der Waals surface area contributed by atoms with E-state index in [1.165, 1.54) is 5.56 Å². The van der Waals surface area contributed by atoms with Crippen LogP contribution in [-0.4, -0.2) is 17.8 Å². The lowest BCUT2D eigenvalue weighted by molar-refractivity contribution is 0.174. The third-order valence-corrected chi connectivity index (χ3v) is 3.81. The summed E-state index contributed by atoms with van der Waals surface area (Å²) in [5, 5.41) is 6.36. The van der Waals surface area contributed by atoms with Crippen LogP contribution in [0.15, 0.2) is 29.8 Å². The first kappa shape index (κ1) is 12.3. The van der Waals surface area contributed by atoms with Crippen molar-refractivity contribution >= 4 is 16.5 Å². The first-order valence-corrected chi connectivity index (χ1v) is 7.24. The highest BCUT2D eigenvalue weighted by Gasteiger charge is 2.13. The van der Waals surface area contributed by atoms with Gasteiger partial charge >= 0.3 is 0 Å². The summed E-state index contributed by atoms with van der Waals surface area (Å²) in [5.41, 5.74) is 1.28. The molecular formula is C14H16N2O2S. The van der Waals surface area contributed by atoms with E-state index in [4.69, 9.17) is 9.47 Å². The molecule has 0 amide bonds. The lowest BCUT2D eigenvalue weighted by Crippen LogP contribution is -2.15. The molecule has 1 aliphatic heterocycles. The molecule has 1 atom stereocenters. The summed E-state index contributed by atoms with van der Waals surface area (Å²) in [7, 11) is 0. The van der Waals surface area contributed by atoms with E-state index in [1.54, 1.807) is 11.3 Å². The van der Waals surface area contributed by atoms with Gasteiger partial charge in [-0.3, -0.25) is 0 Å². The third kappa shape index (κ3) is 2.98. The molecule has 0 fully saturated rings. The second-order valence-corrected chi connectivity index (χ2v) is 5.50. The number of rotatable bonds is 5. The minimum absolute atomic E-state index is 0.334. The van der Waals surface area contributed by atoms with E-state index < -0.39 is 0 Å².